The molecule has 0 spiro atoms. The first-order valence-corrected chi connectivity index (χ1v) is 7.44. The smallest absolute Gasteiger partial charge is 0.355 e. The van der Waals surface area contributed by atoms with Crippen LogP contribution in [0.25, 0.3) is 0 Å². The van der Waals surface area contributed by atoms with Crippen molar-refractivity contribution in [3.63, 3.8) is 0 Å². The highest BCUT2D eigenvalue weighted by molar-refractivity contribution is 9.10. The topological polar surface area (TPSA) is 85.3 Å². The number of benzene rings is 1. The molecule has 0 unspecified atom stereocenters. The third kappa shape index (κ3) is 3.32. The number of rotatable bonds is 3. The molecule has 124 valence electrons. The maximum atomic E-state index is 12.2. The molecule has 0 bridgehead atoms. The van der Waals surface area contributed by atoms with Crippen LogP contribution in [0, 0.1) is 6.92 Å². The number of carbonyl (C=O) groups is 2. The van der Waals surface area contributed by atoms with Gasteiger partial charge in [-0.05, 0) is 40.5 Å². The highest BCUT2D eigenvalue weighted by atomic mass is 79.9. The lowest BCUT2D eigenvalue weighted by molar-refractivity contribution is -0.140. The van der Waals surface area contributed by atoms with Crippen LogP contribution in [0.15, 0.2) is 27.9 Å². The first-order chi connectivity index (χ1) is 10.9. The predicted molar refractivity (Wildman–Crippen MR) is 84.9 cm³/mol. The van der Waals surface area contributed by atoms with Gasteiger partial charge in [-0.3, -0.25) is 0 Å². The Morgan fingerprint density at radius 3 is 2.52 bits per heavy atom. The minimum Gasteiger partial charge on any atom is -0.505 e. The lowest BCUT2D eigenvalue weighted by Gasteiger charge is -2.32. The van der Waals surface area contributed by atoms with E-state index in [0.29, 0.717) is 10.2 Å². The lowest BCUT2D eigenvalue weighted by Crippen LogP contribution is -2.38. The predicted octanol–water partition coefficient (Wildman–Crippen LogP) is 1.86. The van der Waals surface area contributed by atoms with Crippen molar-refractivity contribution in [2.45, 2.75) is 6.92 Å². The molecule has 7 nitrogen and oxygen atoms in total. The number of halogens is 1. The van der Waals surface area contributed by atoms with E-state index in [1.807, 2.05) is 6.92 Å². The first-order valence-electron chi connectivity index (χ1n) is 6.64. The average Bonchev–Trinajstić information content (AvgIpc) is 2.55. The van der Waals surface area contributed by atoms with E-state index in [2.05, 4.69) is 15.9 Å². The van der Waals surface area contributed by atoms with Gasteiger partial charge >= 0.3 is 11.9 Å². The SMILES string of the molecule is COC(=O)C1=C(C(=O)OC)N(c2cc(C)cc(Br)c2O)COC1. The number of aryl methyl sites for hydroxylation is 1. The molecular weight excluding hydrogens is 370 g/mol. The van der Waals surface area contributed by atoms with E-state index in [0.717, 1.165) is 5.56 Å². The van der Waals surface area contributed by atoms with Crippen LogP contribution in [0.1, 0.15) is 5.56 Å². The van der Waals surface area contributed by atoms with E-state index in [4.69, 9.17) is 14.2 Å². The third-order valence-corrected chi connectivity index (χ3v) is 3.92. The number of ether oxygens (including phenoxy) is 3. The number of carbonyl (C=O) groups excluding carboxylic acids is 2. The summed E-state index contributed by atoms with van der Waals surface area (Å²) in [7, 11) is 2.42. The van der Waals surface area contributed by atoms with Gasteiger partial charge in [0.1, 0.15) is 12.4 Å². The van der Waals surface area contributed by atoms with Crippen molar-refractivity contribution in [3.05, 3.63) is 33.4 Å². The van der Waals surface area contributed by atoms with Gasteiger partial charge in [-0.15, -0.1) is 0 Å². The zero-order chi connectivity index (χ0) is 17.1. The Morgan fingerprint density at radius 2 is 1.91 bits per heavy atom. The van der Waals surface area contributed by atoms with Gasteiger partial charge in [0.25, 0.3) is 0 Å². The maximum Gasteiger partial charge on any atom is 0.355 e. The molecule has 0 fully saturated rings. The highest BCUT2D eigenvalue weighted by Gasteiger charge is 2.33. The molecule has 1 aromatic rings. The maximum absolute atomic E-state index is 12.2. The summed E-state index contributed by atoms with van der Waals surface area (Å²) in [5.74, 6) is -1.49. The van der Waals surface area contributed by atoms with Crippen LogP contribution < -0.4 is 4.90 Å². The second-order valence-corrected chi connectivity index (χ2v) is 5.68. The Morgan fingerprint density at radius 1 is 1.26 bits per heavy atom. The van der Waals surface area contributed by atoms with Crippen LogP contribution in [-0.2, 0) is 23.8 Å². The van der Waals surface area contributed by atoms with Crippen LogP contribution in [0.2, 0.25) is 0 Å². The molecule has 2 rings (SSSR count). The standard InChI is InChI=1S/C15H16BrNO6/c1-8-4-10(16)13(18)11(5-8)17-7-23-6-9(14(19)21-2)12(17)15(20)22-3/h4-5,18H,6-7H2,1-3H3. The molecular formula is C15H16BrNO6. The summed E-state index contributed by atoms with van der Waals surface area (Å²) in [6.45, 7) is 1.73. The van der Waals surface area contributed by atoms with Crippen molar-refractivity contribution in [1.82, 2.24) is 0 Å². The molecule has 0 radical (unpaired) electrons. The van der Waals surface area contributed by atoms with Gasteiger partial charge in [0.05, 0.1) is 36.6 Å². The Hall–Kier alpha value is -2.06. The van der Waals surface area contributed by atoms with Crippen molar-refractivity contribution in [1.29, 1.82) is 0 Å². The van der Waals surface area contributed by atoms with Crippen LogP contribution in [-0.4, -0.2) is 44.6 Å². The molecule has 0 atom stereocenters. The zero-order valence-corrected chi connectivity index (χ0v) is 14.5. The largest absolute Gasteiger partial charge is 0.505 e. The Kier molecular flexibility index (Phi) is 5.27. The molecule has 0 saturated carbocycles. The van der Waals surface area contributed by atoms with Crippen LogP contribution in [0.4, 0.5) is 5.69 Å². The number of anilines is 1. The first kappa shape index (κ1) is 17.3. The van der Waals surface area contributed by atoms with E-state index in [9.17, 15) is 14.7 Å². The van der Waals surface area contributed by atoms with Crippen molar-refractivity contribution in [3.8, 4) is 5.75 Å². The molecule has 0 aromatic heterocycles. The normalized spacial score (nSPS) is 14.7. The number of methoxy groups -OCH3 is 2. The number of esters is 2. The van der Waals surface area contributed by atoms with Crippen molar-refractivity contribution in [2.24, 2.45) is 0 Å². The molecule has 1 aliphatic rings. The fourth-order valence-corrected chi connectivity index (χ4v) is 2.82. The van der Waals surface area contributed by atoms with Gasteiger partial charge in [-0.2, -0.15) is 0 Å². The van der Waals surface area contributed by atoms with E-state index >= 15 is 0 Å². The van der Waals surface area contributed by atoms with E-state index < -0.39 is 11.9 Å². The second kappa shape index (κ2) is 7.01. The molecule has 1 heterocycles. The van der Waals surface area contributed by atoms with Crippen LogP contribution in [0.3, 0.4) is 0 Å². The number of hydrogen-bond acceptors (Lipinski definition) is 7. The highest BCUT2D eigenvalue weighted by Crippen LogP contribution is 2.39. The van der Waals surface area contributed by atoms with Gasteiger partial charge < -0.3 is 24.2 Å². The summed E-state index contributed by atoms with van der Waals surface area (Å²) < 4.78 is 15.3. The zero-order valence-electron chi connectivity index (χ0n) is 12.9. The van der Waals surface area contributed by atoms with Crippen molar-refractivity contribution in [2.75, 3.05) is 32.5 Å². The molecule has 1 aliphatic heterocycles. The molecule has 23 heavy (non-hydrogen) atoms. The Labute approximate surface area is 141 Å². The van der Waals surface area contributed by atoms with E-state index in [-0.39, 0.29) is 30.4 Å². The number of nitrogens with zero attached hydrogens (tertiary/aromatic N) is 1. The summed E-state index contributed by atoms with van der Waals surface area (Å²) in [6, 6.07) is 3.40. The van der Waals surface area contributed by atoms with E-state index in [1.54, 1.807) is 12.1 Å². The summed E-state index contributed by atoms with van der Waals surface area (Å²) in [5.41, 5.74) is 1.18. The minimum atomic E-state index is -0.717. The minimum absolute atomic E-state index is 0.0154. The van der Waals surface area contributed by atoms with Gasteiger partial charge in [-0.25, -0.2) is 9.59 Å². The Bertz CT molecular complexity index is 685. The number of phenolic OH excluding ortho intramolecular Hbond substituents is 1. The fourth-order valence-electron chi connectivity index (χ4n) is 2.26. The average molecular weight is 386 g/mol. The van der Waals surface area contributed by atoms with Gasteiger partial charge in [0, 0.05) is 0 Å². The van der Waals surface area contributed by atoms with Gasteiger partial charge in [0.2, 0.25) is 0 Å². The van der Waals surface area contributed by atoms with E-state index in [1.165, 1.54) is 19.1 Å². The molecule has 0 saturated heterocycles. The van der Waals surface area contributed by atoms with Gasteiger partial charge in [0.15, 0.2) is 5.75 Å². The Balaban J connectivity index is 2.65. The molecule has 1 N–H and O–H groups in total. The molecule has 0 amide bonds. The summed E-state index contributed by atoms with van der Waals surface area (Å²) in [4.78, 5) is 25.5. The van der Waals surface area contributed by atoms with Crippen LogP contribution in [0.5, 0.6) is 5.75 Å². The third-order valence-electron chi connectivity index (χ3n) is 3.31. The number of hydrogen-bond donors (Lipinski definition) is 1. The fraction of sp³-hybridized carbons (Fsp3) is 0.333. The summed E-state index contributed by atoms with van der Waals surface area (Å²) in [5, 5.41) is 10.3. The monoisotopic (exact) mass is 385 g/mol. The molecule has 1 aromatic carbocycles. The second-order valence-electron chi connectivity index (χ2n) is 4.83. The summed E-state index contributed by atoms with van der Waals surface area (Å²) in [6.07, 6.45) is 0. The number of phenols is 1. The quantitative estimate of drug-likeness (QED) is 0.794. The summed E-state index contributed by atoms with van der Waals surface area (Å²) >= 11 is 3.25. The van der Waals surface area contributed by atoms with Crippen molar-refractivity contribution < 1.29 is 28.9 Å². The molecule has 0 aliphatic carbocycles. The lowest BCUT2D eigenvalue weighted by atomic mass is 10.1. The van der Waals surface area contributed by atoms with Crippen molar-refractivity contribution >= 4 is 33.6 Å². The molecule has 8 heteroatoms. The van der Waals surface area contributed by atoms with Crippen LogP contribution >= 0.6 is 15.9 Å². The number of aromatic hydroxyl groups is 1. The van der Waals surface area contributed by atoms with Gasteiger partial charge in [-0.1, -0.05) is 0 Å².